The van der Waals surface area contributed by atoms with Crippen LogP contribution in [0.2, 0.25) is 0 Å². The number of rotatable bonds is 6. The molecule has 0 spiro atoms. The summed E-state index contributed by atoms with van der Waals surface area (Å²) in [5, 5.41) is 0. The highest BCUT2D eigenvalue weighted by Crippen LogP contribution is 2.27. The van der Waals surface area contributed by atoms with Crippen LogP contribution in [0.15, 0.2) is 11.0 Å². The average molecular weight is 341 g/mol. The summed E-state index contributed by atoms with van der Waals surface area (Å²) in [6.07, 6.45) is 0.713. The van der Waals surface area contributed by atoms with E-state index in [0.29, 0.717) is 17.2 Å². The van der Waals surface area contributed by atoms with Crippen LogP contribution in [-0.2, 0) is 10.0 Å². The van der Waals surface area contributed by atoms with Gasteiger partial charge in [-0.3, -0.25) is 0 Å². The predicted molar refractivity (Wildman–Crippen MR) is 88.3 cm³/mol. The van der Waals surface area contributed by atoms with E-state index >= 15 is 0 Å². The van der Waals surface area contributed by atoms with Crippen molar-refractivity contribution in [3.05, 3.63) is 15.8 Å². The van der Waals surface area contributed by atoms with Crippen molar-refractivity contribution in [2.45, 2.75) is 51.5 Å². The molecule has 0 amide bonds. The molecular formula is C13H25ClN2O2S2. The predicted octanol–water partition coefficient (Wildman–Crippen LogP) is 2.83. The molecule has 0 aromatic carbocycles. The first-order valence-electron chi connectivity index (χ1n) is 6.41. The fraction of sp³-hybridized carbons (Fsp3) is 0.692. The van der Waals surface area contributed by atoms with E-state index < -0.39 is 15.6 Å². The normalized spacial score (nSPS) is 14.9. The summed E-state index contributed by atoms with van der Waals surface area (Å²) in [4.78, 5) is 2.18. The second-order valence-electron chi connectivity index (χ2n) is 5.75. The lowest BCUT2D eigenvalue weighted by atomic mass is 9.92. The van der Waals surface area contributed by atoms with Gasteiger partial charge in [-0.1, -0.05) is 13.8 Å². The molecule has 0 aliphatic heterocycles. The molecule has 1 rings (SSSR count). The molecule has 0 saturated carbocycles. The van der Waals surface area contributed by atoms with Crippen LogP contribution in [-0.4, -0.2) is 20.5 Å². The lowest BCUT2D eigenvalue weighted by molar-refractivity contribution is 0.344. The Morgan fingerprint density at radius 3 is 2.30 bits per heavy atom. The van der Waals surface area contributed by atoms with Crippen molar-refractivity contribution in [1.29, 1.82) is 0 Å². The highest BCUT2D eigenvalue weighted by atomic mass is 35.5. The van der Waals surface area contributed by atoms with E-state index in [0.717, 1.165) is 9.75 Å². The first kappa shape index (κ1) is 19.9. The molecule has 0 radical (unpaired) electrons. The van der Waals surface area contributed by atoms with Crippen LogP contribution < -0.4 is 10.5 Å². The highest BCUT2D eigenvalue weighted by molar-refractivity contribution is 7.89. The molecule has 1 heterocycles. The van der Waals surface area contributed by atoms with E-state index in [-0.39, 0.29) is 19.0 Å². The largest absolute Gasteiger partial charge is 0.329 e. The molecule has 1 aromatic heterocycles. The van der Waals surface area contributed by atoms with Gasteiger partial charge in [0.05, 0.1) is 4.90 Å². The molecule has 118 valence electrons. The molecule has 0 aliphatic carbocycles. The van der Waals surface area contributed by atoms with Crippen molar-refractivity contribution in [3.8, 4) is 0 Å². The number of thiophene rings is 1. The van der Waals surface area contributed by atoms with Gasteiger partial charge in [-0.25, -0.2) is 13.1 Å². The zero-order valence-corrected chi connectivity index (χ0v) is 15.1. The topological polar surface area (TPSA) is 72.2 Å². The summed E-state index contributed by atoms with van der Waals surface area (Å²) in [6.45, 7) is 10.00. The Morgan fingerprint density at radius 2 is 1.95 bits per heavy atom. The summed E-state index contributed by atoms with van der Waals surface area (Å²) >= 11 is 1.49. The van der Waals surface area contributed by atoms with Crippen molar-refractivity contribution >= 4 is 33.8 Å². The second kappa shape index (κ2) is 7.22. The molecule has 1 atom stereocenters. The summed E-state index contributed by atoms with van der Waals surface area (Å²) in [7, 11) is -3.51. The third-order valence-electron chi connectivity index (χ3n) is 2.98. The van der Waals surface area contributed by atoms with Crippen LogP contribution in [0.4, 0.5) is 0 Å². The Morgan fingerprint density at radius 1 is 1.40 bits per heavy atom. The fourth-order valence-electron chi connectivity index (χ4n) is 2.32. The maximum absolute atomic E-state index is 12.5. The summed E-state index contributed by atoms with van der Waals surface area (Å²) in [5.41, 5.74) is 5.16. The Labute approximate surface area is 132 Å². The first-order valence-corrected chi connectivity index (χ1v) is 8.71. The standard InChI is InChI=1S/C13H24N2O2S2.ClH/c1-9(2)7-13(5,8-14)15-19(16,17)12-6-10(3)18-11(12)4;/h6,9,15H,7-8,14H2,1-5H3;1H. The molecule has 0 bridgehead atoms. The number of sulfonamides is 1. The quantitative estimate of drug-likeness (QED) is 0.836. The zero-order chi connectivity index (χ0) is 14.8. The van der Waals surface area contributed by atoms with Crippen molar-refractivity contribution in [2.24, 2.45) is 11.7 Å². The molecule has 20 heavy (non-hydrogen) atoms. The van der Waals surface area contributed by atoms with Crippen LogP contribution in [0.5, 0.6) is 0 Å². The molecular weight excluding hydrogens is 316 g/mol. The van der Waals surface area contributed by atoms with Gasteiger partial charge in [-0.15, -0.1) is 23.7 Å². The van der Waals surface area contributed by atoms with Crippen LogP contribution in [0.3, 0.4) is 0 Å². The Bertz CT molecular complexity index is 541. The van der Waals surface area contributed by atoms with Gasteiger partial charge in [0.2, 0.25) is 10.0 Å². The van der Waals surface area contributed by atoms with Gasteiger partial charge in [0.1, 0.15) is 0 Å². The average Bonchev–Trinajstić information content (AvgIpc) is 2.56. The van der Waals surface area contributed by atoms with Crippen molar-refractivity contribution in [1.82, 2.24) is 4.72 Å². The van der Waals surface area contributed by atoms with E-state index in [4.69, 9.17) is 5.73 Å². The lowest BCUT2D eigenvalue weighted by Crippen LogP contribution is -2.52. The van der Waals surface area contributed by atoms with Gasteiger partial charge in [-0.05, 0) is 39.2 Å². The summed E-state index contributed by atoms with van der Waals surface area (Å²) in [5.74, 6) is 0.376. The van der Waals surface area contributed by atoms with Crippen LogP contribution in [0.1, 0.15) is 36.9 Å². The first-order chi connectivity index (χ1) is 8.59. The second-order valence-corrected chi connectivity index (χ2v) is 8.86. The van der Waals surface area contributed by atoms with Crippen LogP contribution in [0, 0.1) is 19.8 Å². The minimum absolute atomic E-state index is 0. The number of aryl methyl sites for hydroxylation is 2. The number of halogens is 1. The number of hydrogen-bond donors (Lipinski definition) is 2. The van der Waals surface area contributed by atoms with Gasteiger partial charge in [0, 0.05) is 21.8 Å². The number of hydrogen-bond acceptors (Lipinski definition) is 4. The molecule has 1 aromatic rings. The van der Waals surface area contributed by atoms with Gasteiger partial charge < -0.3 is 5.73 Å². The third kappa shape index (κ3) is 5.00. The van der Waals surface area contributed by atoms with E-state index in [1.807, 2.05) is 20.8 Å². The van der Waals surface area contributed by atoms with Crippen LogP contribution >= 0.6 is 23.7 Å². The van der Waals surface area contributed by atoms with Crippen molar-refractivity contribution < 1.29 is 8.42 Å². The number of nitrogens with two attached hydrogens (primary N) is 1. The minimum atomic E-state index is -3.51. The molecule has 0 aliphatic rings. The summed E-state index contributed by atoms with van der Waals surface area (Å²) in [6, 6.07) is 1.72. The maximum Gasteiger partial charge on any atom is 0.242 e. The lowest BCUT2D eigenvalue weighted by Gasteiger charge is -2.30. The molecule has 7 heteroatoms. The minimum Gasteiger partial charge on any atom is -0.329 e. The third-order valence-corrected chi connectivity index (χ3v) is 5.83. The Kier molecular flexibility index (Phi) is 7.17. The van der Waals surface area contributed by atoms with Gasteiger partial charge in [-0.2, -0.15) is 0 Å². The van der Waals surface area contributed by atoms with Crippen molar-refractivity contribution in [2.75, 3.05) is 6.54 Å². The van der Waals surface area contributed by atoms with Crippen LogP contribution in [0.25, 0.3) is 0 Å². The monoisotopic (exact) mass is 340 g/mol. The SMILES string of the molecule is Cc1cc(S(=O)(=O)NC(C)(CN)CC(C)C)c(C)s1.Cl. The fourth-order valence-corrected chi connectivity index (χ4v) is 5.31. The van der Waals surface area contributed by atoms with Gasteiger partial charge in [0.15, 0.2) is 0 Å². The van der Waals surface area contributed by atoms with E-state index in [1.54, 1.807) is 6.07 Å². The van der Waals surface area contributed by atoms with E-state index in [2.05, 4.69) is 18.6 Å². The van der Waals surface area contributed by atoms with E-state index in [9.17, 15) is 8.42 Å². The van der Waals surface area contributed by atoms with E-state index in [1.165, 1.54) is 11.3 Å². The molecule has 0 fully saturated rings. The smallest absolute Gasteiger partial charge is 0.242 e. The maximum atomic E-state index is 12.5. The van der Waals surface area contributed by atoms with Crippen molar-refractivity contribution in [3.63, 3.8) is 0 Å². The number of nitrogens with one attached hydrogen (secondary N) is 1. The van der Waals surface area contributed by atoms with Gasteiger partial charge in [0.25, 0.3) is 0 Å². The zero-order valence-electron chi connectivity index (χ0n) is 12.7. The van der Waals surface area contributed by atoms with Gasteiger partial charge >= 0.3 is 0 Å². The molecule has 1 unspecified atom stereocenters. The Hall–Kier alpha value is -0.140. The molecule has 3 N–H and O–H groups in total. The summed E-state index contributed by atoms with van der Waals surface area (Å²) < 4.78 is 27.7. The molecule has 0 saturated heterocycles. The molecule has 4 nitrogen and oxygen atoms in total. The highest BCUT2D eigenvalue weighted by Gasteiger charge is 2.31. The Balaban J connectivity index is 0.00000361.